The molecule has 30 heavy (non-hydrogen) atoms. The summed E-state index contributed by atoms with van der Waals surface area (Å²) in [5.41, 5.74) is 1.57. The van der Waals surface area contributed by atoms with Crippen LogP contribution >= 0.6 is 24.0 Å². The molecule has 11 heteroatoms. The van der Waals surface area contributed by atoms with Crippen molar-refractivity contribution >= 4 is 40.0 Å². The van der Waals surface area contributed by atoms with Gasteiger partial charge in [-0.3, -0.25) is 4.99 Å². The van der Waals surface area contributed by atoms with Crippen LogP contribution in [0, 0.1) is 6.92 Å². The average Bonchev–Trinajstić information content (AvgIpc) is 3.21. The molecule has 0 saturated carbocycles. The molecule has 0 atom stereocenters. The molecule has 3 rings (SSSR count). The predicted molar refractivity (Wildman–Crippen MR) is 126 cm³/mol. The lowest BCUT2D eigenvalue weighted by atomic mass is 10.2. The van der Waals surface area contributed by atoms with Gasteiger partial charge in [0, 0.05) is 39.3 Å². The molecule has 0 amide bonds. The fraction of sp³-hybridized carbons (Fsp3) is 0.474. The Labute approximate surface area is 194 Å². The van der Waals surface area contributed by atoms with Gasteiger partial charge in [-0.15, -0.1) is 24.0 Å². The van der Waals surface area contributed by atoms with Crippen LogP contribution in [-0.2, 0) is 15.8 Å². The van der Waals surface area contributed by atoms with Gasteiger partial charge >= 0.3 is 0 Å². The van der Waals surface area contributed by atoms with Crippen LogP contribution in [0.3, 0.4) is 0 Å². The van der Waals surface area contributed by atoms with E-state index in [1.807, 2.05) is 31.2 Å². The van der Waals surface area contributed by atoms with Crippen LogP contribution in [0.15, 0.2) is 46.1 Å². The van der Waals surface area contributed by atoms with Crippen molar-refractivity contribution in [3.05, 3.63) is 47.9 Å². The summed E-state index contributed by atoms with van der Waals surface area (Å²) in [5.74, 6) is 1.44. The second kappa shape index (κ2) is 11.5. The zero-order valence-corrected chi connectivity index (χ0v) is 20.3. The molecule has 1 aliphatic heterocycles. The second-order valence-electron chi connectivity index (χ2n) is 6.77. The second-order valence-corrected chi connectivity index (χ2v) is 8.74. The van der Waals surface area contributed by atoms with E-state index in [0.29, 0.717) is 45.0 Å². The summed E-state index contributed by atoms with van der Waals surface area (Å²) in [6, 6.07) is 9.48. The normalized spacial score (nSPS) is 15.5. The van der Waals surface area contributed by atoms with Gasteiger partial charge in [0.1, 0.15) is 24.4 Å². The molecule has 0 bridgehead atoms. The number of rotatable bonds is 7. The van der Waals surface area contributed by atoms with Gasteiger partial charge in [0.2, 0.25) is 10.0 Å². The Hall–Kier alpha value is -1.86. The number of halogens is 1. The molecule has 166 valence electrons. The maximum atomic E-state index is 12.5. The minimum absolute atomic E-state index is 0. The number of piperazine rings is 1. The lowest BCUT2D eigenvalue weighted by Gasteiger charge is -2.35. The van der Waals surface area contributed by atoms with Crippen molar-refractivity contribution in [2.45, 2.75) is 12.7 Å². The lowest BCUT2D eigenvalue weighted by Crippen LogP contribution is -2.54. The number of nitrogens with zero attached hydrogens (tertiary/aromatic N) is 4. The molecule has 1 N–H and O–H groups in total. The maximum Gasteiger partial charge on any atom is 0.220 e. The minimum atomic E-state index is -3.41. The van der Waals surface area contributed by atoms with E-state index in [1.165, 1.54) is 10.6 Å². The van der Waals surface area contributed by atoms with Crippen LogP contribution in [0.25, 0.3) is 0 Å². The Kier molecular flexibility index (Phi) is 9.37. The topological polar surface area (TPSA) is 100 Å². The predicted octanol–water partition coefficient (Wildman–Crippen LogP) is 1.70. The number of sulfonamides is 1. The number of ether oxygens (including phenoxy) is 1. The van der Waals surface area contributed by atoms with Crippen molar-refractivity contribution < 1.29 is 17.7 Å². The van der Waals surface area contributed by atoms with Crippen molar-refractivity contribution in [2.75, 3.05) is 46.4 Å². The van der Waals surface area contributed by atoms with Crippen LogP contribution in [0.4, 0.5) is 0 Å². The number of guanidine groups is 1. The van der Waals surface area contributed by atoms with Gasteiger partial charge in [-0.25, -0.2) is 8.42 Å². The molecule has 0 spiro atoms. The number of aliphatic imine (C=N–C) groups is 1. The van der Waals surface area contributed by atoms with Crippen LogP contribution in [0.1, 0.15) is 11.3 Å². The number of aromatic nitrogens is 1. The van der Waals surface area contributed by atoms with E-state index in [9.17, 15) is 8.42 Å². The molecule has 1 fully saturated rings. The largest absolute Gasteiger partial charge is 0.492 e. The minimum Gasteiger partial charge on any atom is -0.492 e. The Balaban J connectivity index is 0.00000320. The van der Waals surface area contributed by atoms with E-state index in [2.05, 4.69) is 20.4 Å². The first-order valence-corrected chi connectivity index (χ1v) is 11.1. The molecule has 1 aliphatic rings. The maximum absolute atomic E-state index is 12.5. The molecule has 1 saturated heterocycles. The number of nitrogens with one attached hydrogen (secondary N) is 1. The van der Waals surface area contributed by atoms with E-state index < -0.39 is 10.0 Å². The van der Waals surface area contributed by atoms with Gasteiger partial charge in [0.15, 0.2) is 5.96 Å². The van der Waals surface area contributed by atoms with Gasteiger partial charge in [0.25, 0.3) is 0 Å². The summed E-state index contributed by atoms with van der Waals surface area (Å²) in [6.45, 7) is 5.08. The number of hydrogen-bond donors (Lipinski definition) is 1. The first kappa shape index (κ1) is 24.4. The summed E-state index contributed by atoms with van der Waals surface area (Å²) < 4.78 is 37.0. The average molecular weight is 549 g/mol. The third kappa shape index (κ3) is 6.84. The molecule has 0 radical (unpaired) electrons. The van der Waals surface area contributed by atoms with Gasteiger partial charge in [-0.1, -0.05) is 17.3 Å². The molecule has 0 aliphatic carbocycles. The summed E-state index contributed by atoms with van der Waals surface area (Å²) in [5, 5.41) is 6.96. The van der Waals surface area contributed by atoms with Crippen molar-refractivity contribution in [2.24, 2.45) is 4.99 Å². The summed E-state index contributed by atoms with van der Waals surface area (Å²) >= 11 is 0. The fourth-order valence-corrected chi connectivity index (χ4v) is 4.56. The molecule has 2 heterocycles. The van der Waals surface area contributed by atoms with E-state index in [0.717, 1.165) is 17.3 Å². The molecule has 1 aromatic heterocycles. The highest BCUT2D eigenvalue weighted by Gasteiger charge is 2.28. The zero-order chi connectivity index (χ0) is 20.7. The molecular weight excluding hydrogens is 521 g/mol. The highest BCUT2D eigenvalue weighted by Crippen LogP contribution is 2.13. The van der Waals surface area contributed by atoms with Crippen LogP contribution in [-0.4, -0.2) is 75.1 Å². The Bertz CT molecular complexity index is 913. The van der Waals surface area contributed by atoms with Crippen molar-refractivity contribution in [1.82, 2.24) is 19.7 Å². The Morgan fingerprint density at radius 1 is 1.27 bits per heavy atom. The Morgan fingerprint density at radius 3 is 2.67 bits per heavy atom. The van der Waals surface area contributed by atoms with Crippen LogP contribution in [0.2, 0.25) is 0 Å². The van der Waals surface area contributed by atoms with Crippen molar-refractivity contribution in [3.63, 3.8) is 0 Å². The first-order chi connectivity index (χ1) is 14.0. The van der Waals surface area contributed by atoms with Crippen molar-refractivity contribution in [1.29, 1.82) is 0 Å². The van der Waals surface area contributed by atoms with Crippen LogP contribution < -0.4 is 10.1 Å². The third-order valence-electron chi connectivity index (χ3n) is 4.61. The number of hydrogen-bond acceptors (Lipinski definition) is 6. The van der Waals surface area contributed by atoms with E-state index in [4.69, 9.17) is 9.26 Å². The summed E-state index contributed by atoms with van der Waals surface area (Å²) in [6.07, 6.45) is 1.38. The van der Waals surface area contributed by atoms with Gasteiger partial charge in [0.05, 0.1) is 12.2 Å². The highest BCUT2D eigenvalue weighted by molar-refractivity contribution is 14.0. The molecule has 2 aromatic rings. The van der Waals surface area contributed by atoms with Crippen LogP contribution in [0.5, 0.6) is 5.75 Å². The third-order valence-corrected chi connectivity index (χ3v) is 6.42. The molecule has 0 unspecified atom stereocenters. The number of benzene rings is 1. The smallest absolute Gasteiger partial charge is 0.220 e. The highest BCUT2D eigenvalue weighted by atomic mass is 127. The van der Waals surface area contributed by atoms with E-state index in [-0.39, 0.29) is 29.7 Å². The molecule has 9 nitrogen and oxygen atoms in total. The standard InChI is InChI=1S/C19H27N5O4S.HI/c1-16-4-3-5-18(14-16)27-13-7-21-19(20-2)23-8-10-24(11-9-23)29(25,26)15-17-6-12-28-22-17;/h3-6,12,14H,7-11,13,15H2,1-2H3,(H,20,21);1H. The lowest BCUT2D eigenvalue weighted by molar-refractivity contribution is 0.257. The number of aryl methyl sites for hydroxylation is 1. The first-order valence-electron chi connectivity index (χ1n) is 9.50. The monoisotopic (exact) mass is 549 g/mol. The SMILES string of the molecule is CN=C(NCCOc1cccc(C)c1)N1CCN(S(=O)(=O)Cc2ccon2)CC1.I. The van der Waals surface area contributed by atoms with Gasteiger partial charge in [-0.2, -0.15) is 4.31 Å². The Morgan fingerprint density at radius 2 is 2.03 bits per heavy atom. The zero-order valence-electron chi connectivity index (χ0n) is 17.2. The quantitative estimate of drug-likeness (QED) is 0.243. The summed E-state index contributed by atoms with van der Waals surface area (Å²) in [4.78, 5) is 6.35. The van der Waals surface area contributed by atoms with Gasteiger partial charge < -0.3 is 19.5 Å². The van der Waals surface area contributed by atoms with E-state index >= 15 is 0 Å². The molecule has 1 aromatic carbocycles. The summed E-state index contributed by atoms with van der Waals surface area (Å²) in [7, 11) is -1.69. The van der Waals surface area contributed by atoms with Crippen molar-refractivity contribution in [3.8, 4) is 5.75 Å². The fourth-order valence-electron chi connectivity index (χ4n) is 3.14. The van der Waals surface area contributed by atoms with Gasteiger partial charge in [-0.05, 0) is 24.6 Å². The molecular formula is C19H28IN5O4S. The van der Waals surface area contributed by atoms with E-state index in [1.54, 1.807) is 13.1 Å².